The minimum atomic E-state index is -5.14. The normalized spacial score (nSPS) is 19.6. The van der Waals surface area contributed by atoms with Gasteiger partial charge < -0.3 is 29.1 Å². The third-order valence-corrected chi connectivity index (χ3v) is 13.1. The molecular weight excluding hydrogens is 862 g/mol. The van der Waals surface area contributed by atoms with Gasteiger partial charge in [-0.3, -0.25) is 19.2 Å². The van der Waals surface area contributed by atoms with E-state index in [1.165, 1.54) is 29.8 Å². The van der Waals surface area contributed by atoms with Gasteiger partial charge in [0.1, 0.15) is 31.0 Å². The summed E-state index contributed by atoms with van der Waals surface area (Å²) >= 11 is 0. The molecule has 1 spiro atoms. The van der Waals surface area contributed by atoms with Gasteiger partial charge in [0.2, 0.25) is 5.91 Å². The number of alkyl halides is 6. The Balaban J connectivity index is 0.977. The first kappa shape index (κ1) is 47.3. The largest absolute Gasteiger partial charge is 0.416 e. The summed E-state index contributed by atoms with van der Waals surface area (Å²) in [5.74, 6) is -1.99. The maximum atomic E-state index is 14.1. The number of fused-ring (bicyclic) bond motifs is 2. The van der Waals surface area contributed by atoms with Crippen LogP contribution in [0.5, 0.6) is 0 Å². The van der Waals surface area contributed by atoms with E-state index in [9.17, 15) is 49.9 Å². The van der Waals surface area contributed by atoms with Gasteiger partial charge in [0, 0.05) is 55.8 Å². The molecule has 0 saturated carbocycles. The molecule has 3 amide bonds. The summed E-state index contributed by atoms with van der Waals surface area (Å²) in [7, 11) is 3.38. The van der Waals surface area contributed by atoms with E-state index in [1.807, 2.05) is 12.1 Å². The lowest BCUT2D eigenvalue weighted by atomic mass is 9.72. The van der Waals surface area contributed by atoms with Crippen molar-refractivity contribution >= 4 is 24.0 Å². The molecule has 0 radical (unpaired) electrons. The summed E-state index contributed by atoms with van der Waals surface area (Å²) in [4.78, 5) is 57.2. The fraction of sp³-hybridized carbons (Fsp3) is 0.417. The monoisotopic (exact) mass is 910 g/mol. The minimum absolute atomic E-state index is 0.0318. The van der Waals surface area contributed by atoms with E-state index in [0.717, 1.165) is 10.5 Å². The van der Waals surface area contributed by atoms with Crippen molar-refractivity contribution < 1.29 is 59.4 Å². The topological polar surface area (TPSA) is 99.7 Å². The Labute approximate surface area is 371 Å². The molecule has 65 heavy (non-hydrogen) atoms. The molecule has 2 heterocycles. The molecule has 7 rings (SSSR count). The van der Waals surface area contributed by atoms with Crippen LogP contribution in [0.25, 0.3) is 0 Å². The van der Waals surface area contributed by atoms with E-state index in [1.54, 1.807) is 48.2 Å². The summed E-state index contributed by atoms with van der Waals surface area (Å²) in [5, 5.41) is 0. The van der Waals surface area contributed by atoms with Gasteiger partial charge in [-0.25, -0.2) is 4.39 Å². The fourth-order valence-electron chi connectivity index (χ4n) is 9.27. The van der Waals surface area contributed by atoms with Crippen molar-refractivity contribution in [1.82, 2.24) is 19.6 Å². The number of carbonyl (C=O) groups excluding carboxylic acids is 4. The van der Waals surface area contributed by atoms with E-state index in [-0.39, 0.29) is 49.0 Å². The van der Waals surface area contributed by atoms with E-state index in [4.69, 9.17) is 9.47 Å². The number of amides is 3. The van der Waals surface area contributed by atoms with Crippen LogP contribution in [0.2, 0.25) is 0 Å². The van der Waals surface area contributed by atoms with Crippen LogP contribution in [-0.2, 0) is 44.1 Å². The summed E-state index contributed by atoms with van der Waals surface area (Å²) < 4.78 is 109. The number of benzene rings is 4. The highest BCUT2D eigenvalue weighted by Crippen LogP contribution is 2.48. The number of likely N-dealkylation sites (N-methyl/N-ethyl adjacent to an activating group) is 1. The molecule has 2 atom stereocenters. The quantitative estimate of drug-likeness (QED) is 0.0935. The molecule has 3 aliphatic rings. The van der Waals surface area contributed by atoms with Crippen LogP contribution in [0.15, 0.2) is 91.0 Å². The van der Waals surface area contributed by atoms with Crippen molar-refractivity contribution in [2.75, 3.05) is 66.7 Å². The van der Waals surface area contributed by atoms with Crippen molar-refractivity contribution in [1.29, 1.82) is 0 Å². The number of hydrogen-bond donors (Lipinski definition) is 0. The third kappa shape index (κ3) is 10.4. The Morgan fingerprint density at radius 3 is 2.09 bits per heavy atom. The predicted molar refractivity (Wildman–Crippen MR) is 224 cm³/mol. The maximum Gasteiger partial charge on any atom is 0.416 e. The Morgan fingerprint density at radius 2 is 1.46 bits per heavy atom. The Hall–Kier alpha value is -5.65. The van der Waals surface area contributed by atoms with Crippen LogP contribution in [-0.4, -0.2) is 116 Å². The molecule has 346 valence electrons. The molecule has 2 aliphatic heterocycles. The van der Waals surface area contributed by atoms with Gasteiger partial charge in [-0.15, -0.1) is 0 Å². The van der Waals surface area contributed by atoms with Crippen molar-refractivity contribution in [2.24, 2.45) is 0 Å². The van der Waals surface area contributed by atoms with Crippen molar-refractivity contribution in [3.63, 3.8) is 0 Å². The molecule has 0 N–H and O–H groups in total. The molecule has 2 saturated heterocycles. The number of carbonyl (C=O) groups is 4. The van der Waals surface area contributed by atoms with Crippen LogP contribution in [0.3, 0.4) is 0 Å². The second-order valence-electron chi connectivity index (χ2n) is 17.1. The smallest absolute Gasteiger partial charge is 0.367 e. The van der Waals surface area contributed by atoms with Crippen LogP contribution in [0.1, 0.15) is 84.6 Å². The van der Waals surface area contributed by atoms with Crippen LogP contribution < -0.4 is 0 Å². The van der Waals surface area contributed by atoms with E-state index < -0.39 is 53.1 Å². The molecule has 0 unspecified atom stereocenters. The highest BCUT2D eigenvalue weighted by Gasteiger charge is 2.50. The van der Waals surface area contributed by atoms with Crippen molar-refractivity contribution in [3.05, 3.63) is 141 Å². The van der Waals surface area contributed by atoms with Gasteiger partial charge in [-0.2, -0.15) is 26.3 Å². The number of rotatable bonds is 14. The minimum Gasteiger partial charge on any atom is -0.367 e. The predicted octanol–water partition coefficient (Wildman–Crippen LogP) is 7.99. The number of aldehydes is 1. The lowest BCUT2D eigenvalue weighted by molar-refractivity contribution is -0.143. The zero-order valence-electron chi connectivity index (χ0n) is 35.9. The standard InChI is InChI=1S/C48H49F7N4O6/c1-56(19-5-20-57(2)43(62)33-10-8-32(28-60)9-11-33)42(61)29-64-41-26-34-6-3-4-7-40(34)45(41)16-21-58(22-17-45)23-18-46(36-12-14-39(49)15-13-36)30-59(31-65-46)44(63)35-24-37(47(50,51)52)27-38(25-35)48(53,54)55/h3-4,6-15,24-25,27-28,41H,5,16-23,26,29-31H2,1-2H3/t41-,46-/m0/s1. The SMILES string of the molecule is CN(CCCN(C)C(=O)c1ccc(C=O)cc1)C(=O)CO[C@H]1Cc2ccccc2C12CCN(CC[C@@]1(c3ccc(F)cc3)CN(C(=O)c3cc(C(F)(F)F)cc(C(F)(F)F)c3)CO1)CC2. The van der Waals surface area contributed by atoms with E-state index in [0.29, 0.717) is 93.5 Å². The molecule has 0 bridgehead atoms. The molecule has 17 heteroatoms. The van der Waals surface area contributed by atoms with Crippen molar-refractivity contribution in [3.8, 4) is 0 Å². The van der Waals surface area contributed by atoms with Crippen LogP contribution in [0.4, 0.5) is 30.7 Å². The lowest BCUT2D eigenvalue weighted by Crippen LogP contribution is -2.50. The van der Waals surface area contributed by atoms with E-state index >= 15 is 0 Å². The number of ether oxygens (including phenoxy) is 2. The second kappa shape index (κ2) is 19.1. The molecule has 4 aromatic rings. The van der Waals surface area contributed by atoms with Gasteiger partial charge in [0.05, 0.1) is 23.8 Å². The number of likely N-dealkylation sites (tertiary alicyclic amines) is 1. The highest BCUT2D eigenvalue weighted by atomic mass is 19.4. The maximum absolute atomic E-state index is 14.1. The highest BCUT2D eigenvalue weighted by molar-refractivity contribution is 5.95. The van der Waals surface area contributed by atoms with Gasteiger partial charge >= 0.3 is 12.4 Å². The van der Waals surface area contributed by atoms with Crippen LogP contribution in [0, 0.1) is 5.82 Å². The second-order valence-corrected chi connectivity index (χ2v) is 17.1. The van der Waals surface area contributed by atoms with Crippen molar-refractivity contribution in [2.45, 2.75) is 61.6 Å². The number of nitrogens with zero attached hydrogens (tertiary/aromatic N) is 4. The summed E-state index contributed by atoms with van der Waals surface area (Å²) in [6.45, 7) is 1.70. The Morgan fingerprint density at radius 1 is 0.831 bits per heavy atom. The first-order valence-electron chi connectivity index (χ1n) is 21.3. The molecule has 10 nitrogen and oxygen atoms in total. The number of halogens is 7. The summed E-state index contributed by atoms with van der Waals surface area (Å²) in [6.07, 6.45) is -7.06. The van der Waals surface area contributed by atoms with E-state index in [2.05, 4.69) is 17.0 Å². The fourth-order valence-corrected chi connectivity index (χ4v) is 9.27. The molecule has 2 fully saturated rings. The zero-order valence-corrected chi connectivity index (χ0v) is 35.9. The number of piperidine rings is 1. The zero-order chi connectivity index (χ0) is 46.7. The molecule has 0 aromatic heterocycles. The van der Waals surface area contributed by atoms with Gasteiger partial charge in [-0.05, 0) is 104 Å². The Bertz CT molecular complexity index is 2340. The van der Waals surface area contributed by atoms with Crippen LogP contribution >= 0.6 is 0 Å². The van der Waals surface area contributed by atoms with Gasteiger partial charge in [0.15, 0.2) is 0 Å². The first-order chi connectivity index (χ1) is 30.8. The first-order valence-corrected chi connectivity index (χ1v) is 21.3. The number of hydrogen-bond acceptors (Lipinski definition) is 7. The average molecular weight is 911 g/mol. The van der Waals surface area contributed by atoms with Gasteiger partial charge in [0.25, 0.3) is 11.8 Å². The lowest BCUT2D eigenvalue weighted by Gasteiger charge is -2.44. The Kier molecular flexibility index (Phi) is 13.9. The summed E-state index contributed by atoms with van der Waals surface area (Å²) in [6, 6.07) is 20.7. The van der Waals surface area contributed by atoms with Gasteiger partial charge in [-0.1, -0.05) is 48.5 Å². The average Bonchev–Trinajstić information content (AvgIpc) is 3.86. The third-order valence-electron chi connectivity index (χ3n) is 13.1. The molecule has 1 aliphatic carbocycles. The summed E-state index contributed by atoms with van der Waals surface area (Å²) in [5.41, 5.74) is -1.90. The molecular formula is C48H49F7N4O6. The molecule has 4 aromatic carbocycles.